The average molecular weight is 301 g/mol. The third kappa shape index (κ3) is 2.28. The molecule has 1 atom stereocenters. The minimum absolute atomic E-state index is 0.0114. The molecule has 22 heavy (non-hydrogen) atoms. The van der Waals surface area contributed by atoms with Gasteiger partial charge < -0.3 is 19.7 Å². The van der Waals surface area contributed by atoms with Crippen molar-refractivity contribution < 1.29 is 24.5 Å². The Bertz CT molecular complexity index is 741. The number of para-hydroxylation sites is 2. The fraction of sp³-hybridized carbons (Fsp3) is 0.188. The number of carboxylic acid groups (broad SMARTS) is 1. The fourth-order valence-corrected chi connectivity index (χ4v) is 2.29. The first kappa shape index (κ1) is 14.4. The normalized spacial score (nSPS) is 13.6. The molecule has 1 aliphatic heterocycles. The number of carbonyl (C=O) groups is 1. The second kappa shape index (κ2) is 5.32. The van der Waals surface area contributed by atoms with E-state index in [2.05, 4.69) is 0 Å². The number of carboxylic acids is 1. The Balaban J connectivity index is 2.11. The predicted octanol–water partition coefficient (Wildman–Crippen LogP) is 2.84. The maximum absolute atomic E-state index is 11.3. The maximum Gasteiger partial charge on any atom is 0.339 e. The number of aliphatic hydroxyl groups excluding tert-OH is 1. The smallest absolute Gasteiger partial charge is 0.339 e. The van der Waals surface area contributed by atoms with Gasteiger partial charge in [-0.05, 0) is 32.3 Å². The molecule has 0 radical (unpaired) electrons. The molecule has 2 aromatic rings. The monoisotopic (exact) mass is 301 g/mol. The van der Waals surface area contributed by atoms with Gasteiger partial charge in [0.05, 0.1) is 0 Å². The molecule has 2 aromatic carbocycles. The molecule has 1 heterocycles. The van der Waals surface area contributed by atoms with Crippen LogP contribution >= 0.6 is 0 Å². The summed E-state index contributed by atoms with van der Waals surface area (Å²) in [6.45, 7) is 0. The number of benzene rings is 2. The molecule has 6 heteroatoms. The average Bonchev–Trinajstić information content (AvgIpc) is 2.50. The molecule has 0 saturated carbocycles. The topological polar surface area (TPSA) is 79.2 Å². The molecule has 0 aromatic heterocycles. The van der Waals surface area contributed by atoms with Crippen molar-refractivity contribution in [1.29, 1.82) is 0 Å². The van der Waals surface area contributed by atoms with Crippen LogP contribution in [0.2, 0.25) is 0 Å². The Labute approximate surface area is 127 Å². The van der Waals surface area contributed by atoms with E-state index in [4.69, 9.17) is 9.47 Å². The van der Waals surface area contributed by atoms with Crippen LogP contribution in [-0.2, 0) is 0 Å². The number of hydrogen-bond acceptors (Lipinski definition) is 5. The molecule has 0 saturated heterocycles. The van der Waals surface area contributed by atoms with Crippen LogP contribution in [0.3, 0.4) is 0 Å². The highest BCUT2D eigenvalue weighted by Gasteiger charge is 2.28. The summed E-state index contributed by atoms with van der Waals surface area (Å²) in [7, 11) is 3.45. The van der Waals surface area contributed by atoms with Gasteiger partial charge in [0.1, 0.15) is 11.8 Å². The molecule has 0 bridgehead atoms. The maximum atomic E-state index is 11.3. The summed E-state index contributed by atoms with van der Waals surface area (Å²) in [6, 6.07) is 9.84. The molecule has 0 aliphatic carbocycles. The highest BCUT2D eigenvalue weighted by molar-refractivity contribution is 5.92. The van der Waals surface area contributed by atoms with Gasteiger partial charge in [-0.15, -0.1) is 0 Å². The second-order valence-electron chi connectivity index (χ2n) is 5.15. The standard InChI is InChI=1S/C16H15NO5/c1-17(2)15(18)9-5-3-7-11-13(9)22-14-10(16(19)20)6-4-8-12(14)21-11/h3-8,15,18H,1-2H3,(H,19,20). The van der Waals surface area contributed by atoms with Crippen molar-refractivity contribution in [3.8, 4) is 23.0 Å². The Morgan fingerprint density at radius 1 is 1.05 bits per heavy atom. The van der Waals surface area contributed by atoms with Gasteiger partial charge in [-0.3, -0.25) is 4.90 Å². The van der Waals surface area contributed by atoms with E-state index in [0.717, 1.165) is 0 Å². The summed E-state index contributed by atoms with van der Waals surface area (Å²) in [6.07, 6.45) is -0.892. The molecule has 0 fully saturated rings. The van der Waals surface area contributed by atoms with Gasteiger partial charge in [0.2, 0.25) is 0 Å². The van der Waals surface area contributed by atoms with Crippen molar-refractivity contribution in [3.63, 3.8) is 0 Å². The van der Waals surface area contributed by atoms with Gasteiger partial charge in [-0.2, -0.15) is 0 Å². The lowest BCUT2D eigenvalue weighted by Gasteiger charge is -2.27. The quantitative estimate of drug-likeness (QED) is 0.724. The minimum atomic E-state index is -1.10. The van der Waals surface area contributed by atoms with E-state index in [1.54, 1.807) is 49.3 Å². The Hall–Kier alpha value is -2.57. The molecule has 3 rings (SSSR count). The van der Waals surface area contributed by atoms with Crippen molar-refractivity contribution in [2.75, 3.05) is 14.1 Å². The third-order valence-corrected chi connectivity index (χ3v) is 3.41. The molecular weight excluding hydrogens is 286 g/mol. The van der Waals surface area contributed by atoms with E-state index in [-0.39, 0.29) is 11.3 Å². The van der Waals surface area contributed by atoms with Crippen molar-refractivity contribution in [3.05, 3.63) is 47.5 Å². The summed E-state index contributed by atoms with van der Waals surface area (Å²) in [5, 5.41) is 19.5. The lowest BCUT2D eigenvalue weighted by atomic mass is 10.1. The highest BCUT2D eigenvalue weighted by Crippen LogP contribution is 2.49. The van der Waals surface area contributed by atoms with E-state index in [1.807, 2.05) is 0 Å². The lowest BCUT2D eigenvalue weighted by molar-refractivity contribution is 0.0373. The van der Waals surface area contributed by atoms with Gasteiger partial charge in [0, 0.05) is 5.56 Å². The molecule has 0 spiro atoms. The number of fused-ring (bicyclic) bond motifs is 2. The number of aliphatic hydroxyl groups is 1. The number of rotatable bonds is 3. The van der Waals surface area contributed by atoms with Crippen molar-refractivity contribution in [1.82, 2.24) is 4.90 Å². The molecule has 2 N–H and O–H groups in total. The highest BCUT2D eigenvalue weighted by atomic mass is 16.6. The van der Waals surface area contributed by atoms with E-state index >= 15 is 0 Å². The van der Waals surface area contributed by atoms with Crippen molar-refractivity contribution >= 4 is 5.97 Å². The summed E-state index contributed by atoms with van der Waals surface area (Å²) >= 11 is 0. The Morgan fingerprint density at radius 2 is 1.68 bits per heavy atom. The number of hydrogen-bond donors (Lipinski definition) is 2. The third-order valence-electron chi connectivity index (χ3n) is 3.41. The first-order valence-electron chi connectivity index (χ1n) is 6.68. The van der Waals surface area contributed by atoms with Gasteiger partial charge in [-0.1, -0.05) is 18.2 Å². The van der Waals surface area contributed by atoms with E-state index in [0.29, 0.717) is 22.8 Å². The molecule has 6 nitrogen and oxygen atoms in total. The predicted molar refractivity (Wildman–Crippen MR) is 78.6 cm³/mol. The SMILES string of the molecule is CN(C)C(O)c1cccc2c1Oc1c(cccc1C(=O)O)O2. The van der Waals surface area contributed by atoms with Crippen LogP contribution in [-0.4, -0.2) is 35.2 Å². The Morgan fingerprint density at radius 3 is 2.32 bits per heavy atom. The van der Waals surface area contributed by atoms with Crippen LogP contribution in [0.15, 0.2) is 36.4 Å². The van der Waals surface area contributed by atoms with Gasteiger partial charge >= 0.3 is 5.97 Å². The minimum Gasteiger partial charge on any atom is -0.478 e. The molecule has 0 amide bonds. The van der Waals surface area contributed by atoms with Gasteiger partial charge in [-0.25, -0.2) is 4.79 Å². The van der Waals surface area contributed by atoms with Crippen LogP contribution in [0, 0.1) is 0 Å². The largest absolute Gasteiger partial charge is 0.478 e. The first-order chi connectivity index (χ1) is 10.5. The van der Waals surface area contributed by atoms with Crippen molar-refractivity contribution in [2.24, 2.45) is 0 Å². The van der Waals surface area contributed by atoms with E-state index in [1.165, 1.54) is 6.07 Å². The zero-order valence-corrected chi connectivity index (χ0v) is 12.1. The number of nitrogens with zero attached hydrogens (tertiary/aromatic N) is 1. The van der Waals surface area contributed by atoms with Crippen LogP contribution in [0.4, 0.5) is 0 Å². The van der Waals surface area contributed by atoms with E-state index < -0.39 is 12.2 Å². The van der Waals surface area contributed by atoms with Crippen molar-refractivity contribution in [2.45, 2.75) is 6.23 Å². The molecule has 114 valence electrons. The van der Waals surface area contributed by atoms with Crippen LogP contribution in [0.25, 0.3) is 0 Å². The molecular formula is C16H15NO5. The van der Waals surface area contributed by atoms with Gasteiger partial charge in [0.25, 0.3) is 0 Å². The summed E-state index contributed by atoms with van der Waals surface area (Å²) < 4.78 is 11.5. The summed E-state index contributed by atoms with van der Waals surface area (Å²) in [5.74, 6) is 0.137. The first-order valence-corrected chi connectivity index (χ1v) is 6.68. The Kier molecular flexibility index (Phi) is 3.48. The van der Waals surface area contributed by atoms with Crippen LogP contribution < -0.4 is 9.47 Å². The summed E-state index contributed by atoms with van der Waals surface area (Å²) in [5.41, 5.74) is 0.519. The van der Waals surface area contributed by atoms with Crippen LogP contribution in [0.1, 0.15) is 22.1 Å². The number of aromatic carboxylic acids is 1. The zero-order valence-electron chi connectivity index (χ0n) is 12.1. The van der Waals surface area contributed by atoms with Crippen LogP contribution in [0.5, 0.6) is 23.0 Å². The second-order valence-corrected chi connectivity index (χ2v) is 5.15. The number of ether oxygens (including phenoxy) is 2. The zero-order chi connectivity index (χ0) is 15.9. The molecule has 1 unspecified atom stereocenters. The fourth-order valence-electron chi connectivity index (χ4n) is 2.29. The molecule has 1 aliphatic rings. The van der Waals surface area contributed by atoms with E-state index in [9.17, 15) is 15.0 Å². The lowest BCUT2D eigenvalue weighted by Crippen LogP contribution is -2.20. The van der Waals surface area contributed by atoms with Gasteiger partial charge in [0.15, 0.2) is 23.0 Å². The summed E-state index contributed by atoms with van der Waals surface area (Å²) in [4.78, 5) is 12.9.